The highest BCUT2D eigenvalue weighted by Crippen LogP contribution is 2.15. The van der Waals surface area contributed by atoms with E-state index in [2.05, 4.69) is 13.8 Å². The highest BCUT2D eigenvalue weighted by atomic mass is 14.5. The summed E-state index contributed by atoms with van der Waals surface area (Å²) in [6.07, 6.45) is 21.1. The van der Waals surface area contributed by atoms with E-state index in [4.69, 9.17) is 5.73 Å². The van der Waals surface area contributed by atoms with Crippen molar-refractivity contribution < 1.29 is 0 Å². The van der Waals surface area contributed by atoms with E-state index in [1.165, 1.54) is 96.3 Å². The van der Waals surface area contributed by atoms with Crippen LogP contribution in [0.3, 0.4) is 0 Å². The molecular formula is C19H40N. The first-order valence-electron chi connectivity index (χ1n) is 9.49. The van der Waals surface area contributed by atoms with Gasteiger partial charge in [-0.1, -0.05) is 104 Å². The van der Waals surface area contributed by atoms with E-state index in [1.807, 2.05) is 0 Å². The molecule has 0 aromatic rings. The van der Waals surface area contributed by atoms with Crippen molar-refractivity contribution in [3.05, 3.63) is 0 Å². The van der Waals surface area contributed by atoms with E-state index in [-0.39, 0.29) is 0 Å². The van der Waals surface area contributed by atoms with E-state index in [1.54, 1.807) is 0 Å². The van der Waals surface area contributed by atoms with Crippen molar-refractivity contribution in [2.45, 2.75) is 110 Å². The van der Waals surface area contributed by atoms with Crippen molar-refractivity contribution >= 4 is 0 Å². The maximum absolute atomic E-state index is 7.42. The summed E-state index contributed by atoms with van der Waals surface area (Å²) in [7, 11) is 0. The van der Waals surface area contributed by atoms with Crippen LogP contribution in [0.1, 0.15) is 110 Å². The third-order valence-electron chi connectivity index (χ3n) is 4.58. The molecule has 1 radical (unpaired) electrons. The Balaban J connectivity index is 3.02. The SMILES string of the molecule is CCCCCCCCCCCCCCCC(CC)C[NH]. The summed E-state index contributed by atoms with van der Waals surface area (Å²) in [5.41, 5.74) is 7.42. The molecular weight excluding hydrogens is 242 g/mol. The molecule has 1 atom stereocenters. The smallest absolute Gasteiger partial charge is 0.0128 e. The Morgan fingerprint density at radius 2 is 1.00 bits per heavy atom. The Morgan fingerprint density at radius 1 is 0.600 bits per heavy atom. The zero-order valence-corrected chi connectivity index (χ0v) is 14.4. The predicted molar refractivity (Wildman–Crippen MR) is 92.1 cm³/mol. The van der Waals surface area contributed by atoms with Crippen LogP contribution in [-0.4, -0.2) is 6.54 Å². The van der Waals surface area contributed by atoms with Gasteiger partial charge in [0.2, 0.25) is 0 Å². The molecule has 0 bridgehead atoms. The molecule has 0 saturated heterocycles. The number of hydrogen-bond donors (Lipinski definition) is 0. The van der Waals surface area contributed by atoms with Crippen LogP contribution in [0.15, 0.2) is 0 Å². The van der Waals surface area contributed by atoms with Crippen LogP contribution in [-0.2, 0) is 0 Å². The van der Waals surface area contributed by atoms with Crippen LogP contribution >= 0.6 is 0 Å². The average molecular weight is 283 g/mol. The minimum Gasteiger partial charge on any atom is -0.258 e. The Kier molecular flexibility index (Phi) is 17.0. The molecule has 20 heavy (non-hydrogen) atoms. The molecule has 0 aromatic heterocycles. The van der Waals surface area contributed by atoms with Gasteiger partial charge in [0.05, 0.1) is 0 Å². The molecule has 0 heterocycles. The molecule has 0 aromatic carbocycles. The zero-order chi connectivity index (χ0) is 14.9. The second-order valence-electron chi connectivity index (χ2n) is 6.51. The average Bonchev–Trinajstić information content (AvgIpc) is 2.48. The lowest BCUT2D eigenvalue weighted by atomic mass is 9.98. The fourth-order valence-electron chi connectivity index (χ4n) is 2.90. The second-order valence-corrected chi connectivity index (χ2v) is 6.51. The maximum Gasteiger partial charge on any atom is 0.0128 e. The van der Waals surface area contributed by atoms with Gasteiger partial charge in [0.15, 0.2) is 0 Å². The van der Waals surface area contributed by atoms with E-state index in [0.717, 1.165) is 0 Å². The van der Waals surface area contributed by atoms with Gasteiger partial charge in [0.1, 0.15) is 0 Å². The summed E-state index contributed by atoms with van der Waals surface area (Å²) in [6, 6.07) is 0. The van der Waals surface area contributed by atoms with Gasteiger partial charge in [0.25, 0.3) is 0 Å². The van der Waals surface area contributed by atoms with Gasteiger partial charge >= 0.3 is 0 Å². The number of unbranched alkanes of at least 4 members (excludes halogenated alkanes) is 12. The molecule has 0 rings (SSSR count). The topological polar surface area (TPSA) is 23.8 Å². The Labute approximate surface area is 129 Å². The second kappa shape index (κ2) is 17.0. The van der Waals surface area contributed by atoms with Gasteiger partial charge in [-0.3, -0.25) is 5.73 Å². The molecule has 1 N–H and O–H groups in total. The highest BCUT2D eigenvalue weighted by molar-refractivity contribution is 4.57. The molecule has 121 valence electrons. The van der Waals surface area contributed by atoms with Gasteiger partial charge in [0, 0.05) is 6.54 Å². The molecule has 1 heteroatoms. The molecule has 0 fully saturated rings. The summed E-state index contributed by atoms with van der Waals surface area (Å²) < 4.78 is 0. The molecule has 0 aliphatic heterocycles. The normalized spacial score (nSPS) is 12.8. The van der Waals surface area contributed by atoms with Gasteiger partial charge in [-0.25, -0.2) is 0 Å². The first kappa shape index (κ1) is 20.0. The maximum atomic E-state index is 7.42. The van der Waals surface area contributed by atoms with E-state index >= 15 is 0 Å². The molecule has 0 amide bonds. The van der Waals surface area contributed by atoms with Crippen LogP contribution in [0.2, 0.25) is 0 Å². The van der Waals surface area contributed by atoms with E-state index < -0.39 is 0 Å². The third kappa shape index (κ3) is 14.4. The van der Waals surface area contributed by atoms with E-state index in [9.17, 15) is 0 Å². The van der Waals surface area contributed by atoms with Gasteiger partial charge in [-0.05, 0) is 12.3 Å². The largest absolute Gasteiger partial charge is 0.258 e. The number of nitrogens with one attached hydrogen (secondary N) is 1. The van der Waals surface area contributed by atoms with Crippen molar-refractivity contribution in [1.29, 1.82) is 0 Å². The quantitative estimate of drug-likeness (QED) is 0.279. The van der Waals surface area contributed by atoms with Gasteiger partial charge < -0.3 is 0 Å². The molecule has 0 spiro atoms. The summed E-state index contributed by atoms with van der Waals surface area (Å²) in [5.74, 6) is 0.669. The lowest BCUT2D eigenvalue weighted by molar-refractivity contribution is 0.441. The van der Waals surface area contributed by atoms with Crippen molar-refractivity contribution in [1.82, 2.24) is 5.73 Å². The predicted octanol–water partition coefficient (Wildman–Crippen LogP) is 6.78. The monoisotopic (exact) mass is 282 g/mol. The van der Waals surface area contributed by atoms with Crippen LogP contribution in [0.4, 0.5) is 0 Å². The fraction of sp³-hybridized carbons (Fsp3) is 1.00. The van der Waals surface area contributed by atoms with Gasteiger partial charge in [-0.2, -0.15) is 0 Å². The molecule has 1 unspecified atom stereocenters. The lowest BCUT2D eigenvalue weighted by Gasteiger charge is -2.10. The van der Waals surface area contributed by atoms with Crippen molar-refractivity contribution in [3.63, 3.8) is 0 Å². The van der Waals surface area contributed by atoms with Crippen LogP contribution in [0, 0.1) is 5.92 Å². The van der Waals surface area contributed by atoms with Crippen LogP contribution in [0.5, 0.6) is 0 Å². The third-order valence-corrected chi connectivity index (χ3v) is 4.58. The summed E-state index contributed by atoms with van der Waals surface area (Å²) in [5, 5.41) is 0. The zero-order valence-electron chi connectivity index (χ0n) is 14.4. The first-order valence-corrected chi connectivity index (χ1v) is 9.49. The number of hydrogen-bond acceptors (Lipinski definition) is 0. The minimum absolute atomic E-state index is 0.634. The van der Waals surface area contributed by atoms with Crippen molar-refractivity contribution in [2.24, 2.45) is 5.92 Å². The van der Waals surface area contributed by atoms with Gasteiger partial charge in [-0.15, -0.1) is 0 Å². The molecule has 1 nitrogen and oxygen atoms in total. The lowest BCUT2D eigenvalue weighted by Crippen LogP contribution is -2.05. The van der Waals surface area contributed by atoms with E-state index in [0.29, 0.717) is 12.5 Å². The first-order chi connectivity index (χ1) is 9.85. The standard InChI is InChI=1S/C19H40N/c1-3-5-6-7-8-9-10-11-12-13-14-15-16-17-19(4-2)18-20/h19-20H,3-18H2,1-2H3. The summed E-state index contributed by atoms with van der Waals surface area (Å²) in [6.45, 7) is 5.14. The summed E-state index contributed by atoms with van der Waals surface area (Å²) in [4.78, 5) is 0. The Bertz CT molecular complexity index is 163. The molecule has 0 aliphatic carbocycles. The summed E-state index contributed by atoms with van der Waals surface area (Å²) >= 11 is 0. The Morgan fingerprint density at radius 3 is 1.35 bits per heavy atom. The van der Waals surface area contributed by atoms with Crippen molar-refractivity contribution in [2.75, 3.05) is 6.54 Å². The van der Waals surface area contributed by atoms with Crippen LogP contribution in [0.25, 0.3) is 0 Å². The Hall–Kier alpha value is -0.0400. The van der Waals surface area contributed by atoms with Crippen LogP contribution < -0.4 is 5.73 Å². The fourth-order valence-corrected chi connectivity index (χ4v) is 2.90. The number of rotatable bonds is 16. The minimum atomic E-state index is 0.634. The molecule has 0 saturated carbocycles. The highest BCUT2D eigenvalue weighted by Gasteiger charge is 2.02. The molecule has 0 aliphatic rings. The van der Waals surface area contributed by atoms with Crippen molar-refractivity contribution in [3.8, 4) is 0 Å².